The second-order valence-corrected chi connectivity index (χ2v) is 3.57. The lowest BCUT2D eigenvalue weighted by Gasteiger charge is -2.28. The SMILES string of the molecule is COc1ccc(C)cc1C1CC(=O)N1. The van der Waals surface area contributed by atoms with Crippen LogP contribution in [0, 0.1) is 6.92 Å². The Balaban J connectivity index is 2.30. The minimum absolute atomic E-state index is 0.110. The minimum Gasteiger partial charge on any atom is -0.496 e. The van der Waals surface area contributed by atoms with Crippen LogP contribution in [0.4, 0.5) is 0 Å². The summed E-state index contributed by atoms with van der Waals surface area (Å²) in [5, 5.41) is 2.84. The molecule has 1 atom stereocenters. The molecule has 0 radical (unpaired) electrons. The monoisotopic (exact) mass is 191 g/mol. The fourth-order valence-electron chi connectivity index (χ4n) is 1.67. The summed E-state index contributed by atoms with van der Waals surface area (Å²) >= 11 is 0. The molecule has 0 saturated carbocycles. The summed E-state index contributed by atoms with van der Waals surface area (Å²) in [6, 6.07) is 6.14. The normalized spacial score (nSPS) is 19.9. The number of benzene rings is 1. The van der Waals surface area contributed by atoms with Crippen molar-refractivity contribution in [1.82, 2.24) is 5.32 Å². The number of carbonyl (C=O) groups is 1. The molecule has 1 saturated heterocycles. The van der Waals surface area contributed by atoms with Gasteiger partial charge in [-0.1, -0.05) is 17.7 Å². The standard InChI is InChI=1S/C11H13NO2/c1-7-3-4-10(14-2)8(5-7)9-6-11(13)12-9/h3-5,9H,6H2,1-2H3,(H,12,13). The summed E-state index contributed by atoms with van der Waals surface area (Å²) in [6.45, 7) is 2.03. The molecule has 1 N–H and O–H groups in total. The largest absolute Gasteiger partial charge is 0.496 e. The summed E-state index contributed by atoms with van der Waals surface area (Å²) in [5.41, 5.74) is 2.26. The van der Waals surface area contributed by atoms with Crippen molar-refractivity contribution in [3.63, 3.8) is 0 Å². The fourth-order valence-corrected chi connectivity index (χ4v) is 1.67. The predicted octanol–water partition coefficient (Wildman–Crippen LogP) is 1.56. The van der Waals surface area contributed by atoms with Crippen molar-refractivity contribution in [1.29, 1.82) is 0 Å². The average Bonchev–Trinajstić information content (AvgIpc) is 2.13. The first kappa shape index (κ1) is 9.06. The number of methoxy groups -OCH3 is 1. The Kier molecular flexibility index (Phi) is 2.15. The van der Waals surface area contributed by atoms with E-state index in [9.17, 15) is 4.79 Å². The molecular weight excluding hydrogens is 178 g/mol. The summed E-state index contributed by atoms with van der Waals surface area (Å²) < 4.78 is 5.24. The molecule has 74 valence electrons. The van der Waals surface area contributed by atoms with E-state index in [1.54, 1.807) is 7.11 Å². The van der Waals surface area contributed by atoms with E-state index in [0.29, 0.717) is 6.42 Å². The zero-order valence-corrected chi connectivity index (χ0v) is 8.33. The molecular formula is C11H13NO2. The summed E-state index contributed by atoms with van der Waals surface area (Å²) in [6.07, 6.45) is 0.569. The van der Waals surface area contributed by atoms with Gasteiger partial charge in [0.2, 0.25) is 5.91 Å². The molecule has 1 unspecified atom stereocenters. The van der Waals surface area contributed by atoms with Crippen LogP contribution in [-0.2, 0) is 4.79 Å². The van der Waals surface area contributed by atoms with Crippen molar-refractivity contribution in [3.8, 4) is 5.75 Å². The zero-order valence-electron chi connectivity index (χ0n) is 8.33. The van der Waals surface area contributed by atoms with Crippen LogP contribution in [-0.4, -0.2) is 13.0 Å². The molecule has 0 bridgehead atoms. The van der Waals surface area contributed by atoms with E-state index in [0.717, 1.165) is 11.3 Å². The number of amides is 1. The van der Waals surface area contributed by atoms with Gasteiger partial charge in [-0.15, -0.1) is 0 Å². The van der Waals surface area contributed by atoms with Crippen molar-refractivity contribution in [2.75, 3.05) is 7.11 Å². The molecule has 0 spiro atoms. The number of hydrogen-bond donors (Lipinski definition) is 1. The van der Waals surface area contributed by atoms with Crippen LogP contribution in [0.5, 0.6) is 5.75 Å². The van der Waals surface area contributed by atoms with Crippen molar-refractivity contribution >= 4 is 5.91 Å². The molecule has 2 rings (SSSR count). The molecule has 1 heterocycles. The van der Waals surface area contributed by atoms with Crippen LogP contribution in [0.1, 0.15) is 23.6 Å². The van der Waals surface area contributed by atoms with E-state index in [1.807, 2.05) is 19.1 Å². The number of β-lactam (4-membered cyclic amide) rings is 1. The van der Waals surface area contributed by atoms with Gasteiger partial charge in [0.15, 0.2) is 0 Å². The van der Waals surface area contributed by atoms with Gasteiger partial charge in [0.05, 0.1) is 19.6 Å². The Hall–Kier alpha value is -1.51. The van der Waals surface area contributed by atoms with Crippen molar-refractivity contribution in [2.45, 2.75) is 19.4 Å². The number of hydrogen-bond acceptors (Lipinski definition) is 2. The fraction of sp³-hybridized carbons (Fsp3) is 0.364. The number of rotatable bonds is 2. The van der Waals surface area contributed by atoms with Gasteiger partial charge < -0.3 is 10.1 Å². The molecule has 1 amide bonds. The highest BCUT2D eigenvalue weighted by atomic mass is 16.5. The van der Waals surface area contributed by atoms with Crippen LogP contribution >= 0.6 is 0 Å². The van der Waals surface area contributed by atoms with Crippen molar-refractivity contribution < 1.29 is 9.53 Å². The molecule has 1 aliphatic rings. The molecule has 14 heavy (non-hydrogen) atoms. The maximum atomic E-state index is 10.8. The number of carbonyl (C=O) groups excluding carboxylic acids is 1. The van der Waals surface area contributed by atoms with Gasteiger partial charge in [-0.3, -0.25) is 4.79 Å². The van der Waals surface area contributed by atoms with Gasteiger partial charge in [0.1, 0.15) is 5.75 Å². The van der Waals surface area contributed by atoms with Gasteiger partial charge in [0, 0.05) is 5.56 Å². The molecule has 1 aromatic carbocycles. The van der Waals surface area contributed by atoms with Crippen LogP contribution in [0.2, 0.25) is 0 Å². The third-order valence-corrected chi connectivity index (χ3v) is 2.49. The Labute approximate surface area is 83.1 Å². The number of ether oxygens (including phenoxy) is 1. The molecule has 0 aromatic heterocycles. The smallest absolute Gasteiger partial charge is 0.222 e. The Morgan fingerprint density at radius 2 is 2.21 bits per heavy atom. The van der Waals surface area contributed by atoms with Gasteiger partial charge >= 0.3 is 0 Å². The summed E-state index contributed by atoms with van der Waals surface area (Å²) in [4.78, 5) is 10.8. The Morgan fingerprint density at radius 1 is 1.50 bits per heavy atom. The topological polar surface area (TPSA) is 38.3 Å². The lowest BCUT2D eigenvalue weighted by molar-refractivity contribution is -0.128. The molecule has 3 heteroatoms. The quantitative estimate of drug-likeness (QED) is 0.720. The third kappa shape index (κ3) is 1.45. The van der Waals surface area contributed by atoms with E-state index in [-0.39, 0.29) is 11.9 Å². The molecule has 1 aromatic rings. The zero-order chi connectivity index (χ0) is 10.1. The lowest BCUT2D eigenvalue weighted by atomic mass is 9.95. The van der Waals surface area contributed by atoms with E-state index < -0.39 is 0 Å². The lowest BCUT2D eigenvalue weighted by Crippen LogP contribution is -2.41. The molecule has 3 nitrogen and oxygen atoms in total. The molecule has 1 fully saturated rings. The first-order valence-corrected chi connectivity index (χ1v) is 4.64. The van der Waals surface area contributed by atoms with E-state index in [4.69, 9.17) is 4.74 Å². The van der Waals surface area contributed by atoms with Crippen LogP contribution in [0.25, 0.3) is 0 Å². The molecule has 0 aliphatic carbocycles. The average molecular weight is 191 g/mol. The highest BCUT2D eigenvalue weighted by Crippen LogP contribution is 2.32. The van der Waals surface area contributed by atoms with Gasteiger partial charge in [-0.05, 0) is 13.0 Å². The van der Waals surface area contributed by atoms with E-state index in [1.165, 1.54) is 5.56 Å². The second-order valence-electron chi connectivity index (χ2n) is 3.57. The highest BCUT2D eigenvalue weighted by molar-refractivity contribution is 5.83. The highest BCUT2D eigenvalue weighted by Gasteiger charge is 2.28. The van der Waals surface area contributed by atoms with E-state index in [2.05, 4.69) is 11.4 Å². The summed E-state index contributed by atoms with van der Waals surface area (Å²) in [7, 11) is 1.65. The van der Waals surface area contributed by atoms with Gasteiger partial charge in [-0.25, -0.2) is 0 Å². The van der Waals surface area contributed by atoms with Crippen LogP contribution in [0.3, 0.4) is 0 Å². The van der Waals surface area contributed by atoms with Crippen molar-refractivity contribution in [2.24, 2.45) is 0 Å². The maximum absolute atomic E-state index is 10.8. The van der Waals surface area contributed by atoms with Gasteiger partial charge in [0.25, 0.3) is 0 Å². The van der Waals surface area contributed by atoms with E-state index >= 15 is 0 Å². The minimum atomic E-state index is 0.110. The Morgan fingerprint density at radius 3 is 2.79 bits per heavy atom. The van der Waals surface area contributed by atoms with Crippen molar-refractivity contribution in [3.05, 3.63) is 29.3 Å². The maximum Gasteiger partial charge on any atom is 0.222 e. The third-order valence-electron chi connectivity index (χ3n) is 2.49. The van der Waals surface area contributed by atoms with Crippen LogP contribution < -0.4 is 10.1 Å². The number of aryl methyl sites for hydroxylation is 1. The number of nitrogens with one attached hydrogen (secondary N) is 1. The van der Waals surface area contributed by atoms with Gasteiger partial charge in [-0.2, -0.15) is 0 Å². The van der Waals surface area contributed by atoms with Crippen LogP contribution in [0.15, 0.2) is 18.2 Å². The predicted molar refractivity (Wildman–Crippen MR) is 53.2 cm³/mol. The second kappa shape index (κ2) is 3.33. The Bertz CT molecular complexity index is 366. The molecule has 1 aliphatic heterocycles. The first-order chi connectivity index (χ1) is 6.70. The summed E-state index contributed by atoms with van der Waals surface area (Å²) in [5.74, 6) is 0.958. The first-order valence-electron chi connectivity index (χ1n) is 4.64.